The first-order chi connectivity index (χ1) is 9.92. The zero-order valence-corrected chi connectivity index (χ0v) is 15.3. The van der Waals surface area contributed by atoms with E-state index in [2.05, 4.69) is 34.6 Å². The van der Waals surface area contributed by atoms with E-state index in [1.807, 2.05) is 0 Å². The Labute approximate surface area is 140 Å². The third-order valence-electron chi connectivity index (χ3n) is 5.50. The maximum Gasteiger partial charge on any atom is 0.172 e. The monoisotopic (exact) mass is 386 g/mol. The van der Waals surface area contributed by atoms with Crippen molar-refractivity contribution in [1.29, 1.82) is 0 Å². The summed E-state index contributed by atoms with van der Waals surface area (Å²) in [5.41, 5.74) is 0. The van der Waals surface area contributed by atoms with Crippen LogP contribution in [0.25, 0.3) is 0 Å². The van der Waals surface area contributed by atoms with Gasteiger partial charge in [-0.2, -0.15) is 0 Å². The van der Waals surface area contributed by atoms with E-state index in [0.717, 1.165) is 18.3 Å². The lowest BCUT2D eigenvalue weighted by molar-refractivity contribution is 0.464. The summed E-state index contributed by atoms with van der Waals surface area (Å²) in [7, 11) is 0. The van der Waals surface area contributed by atoms with Gasteiger partial charge < -0.3 is 0 Å². The van der Waals surface area contributed by atoms with Crippen LogP contribution >= 0.6 is 22.6 Å². The third kappa shape index (κ3) is 5.73. The highest BCUT2D eigenvalue weighted by Gasteiger charge is 2.32. The summed E-state index contributed by atoms with van der Waals surface area (Å²) in [6.07, 6.45) is 21.7. The lowest BCUT2D eigenvalue weighted by atomic mass is 9.30. The van der Waals surface area contributed by atoms with Crippen molar-refractivity contribution in [1.82, 2.24) is 0 Å². The molecule has 0 atom stereocenters. The fourth-order valence-corrected chi connectivity index (χ4v) is 4.89. The lowest BCUT2D eigenvalue weighted by Gasteiger charge is -2.34. The van der Waals surface area contributed by atoms with Crippen LogP contribution in [0.3, 0.4) is 0 Å². The van der Waals surface area contributed by atoms with E-state index in [1.165, 1.54) is 87.9 Å². The number of alkyl halides is 1. The maximum atomic E-state index is 2.67. The van der Waals surface area contributed by atoms with Crippen molar-refractivity contribution in [3.05, 3.63) is 12.1 Å². The van der Waals surface area contributed by atoms with Gasteiger partial charge in [-0.05, 0) is 23.7 Å². The summed E-state index contributed by atoms with van der Waals surface area (Å²) >= 11 is 2.50. The predicted octanol–water partition coefficient (Wildman–Crippen LogP) is 6.85. The molecule has 0 aliphatic heterocycles. The zero-order valence-electron chi connectivity index (χ0n) is 13.2. The molecule has 2 aliphatic carbocycles. The molecule has 20 heavy (non-hydrogen) atoms. The molecule has 0 radical (unpaired) electrons. The Hall–Kier alpha value is 0.535. The molecule has 2 rings (SSSR count). The summed E-state index contributed by atoms with van der Waals surface area (Å²) in [5, 5.41) is 0. The largest absolute Gasteiger partial charge is 0.172 e. The van der Waals surface area contributed by atoms with Crippen molar-refractivity contribution in [2.24, 2.45) is 0 Å². The first kappa shape index (κ1) is 16.9. The standard InChI is InChI=1S/C18H32BI/c20-16-10-2-1-9-15-19(17-11-5-3-6-12-17)18-13-7-4-8-14-18/h9,15,17-18H,1-8,10-14,16H2/b15-9+. The van der Waals surface area contributed by atoms with E-state index in [0.29, 0.717) is 0 Å². The van der Waals surface area contributed by atoms with Crippen LogP contribution in [0.4, 0.5) is 0 Å². The summed E-state index contributed by atoms with van der Waals surface area (Å²) in [5.74, 6) is 4.71. The van der Waals surface area contributed by atoms with Crippen molar-refractivity contribution in [2.45, 2.75) is 95.1 Å². The van der Waals surface area contributed by atoms with Crippen LogP contribution in [0, 0.1) is 0 Å². The van der Waals surface area contributed by atoms with E-state index in [1.54, 1.807) is 0 Å². The van der Waals surface area contributed by atoms with Gasteiger partial charge in [0, 0.05) is 0 Å². The maximum absolute atomic E-state index is 2.67. The van der Waals surface area contributed by atoms with Crippen LogP contribution < -0.4 is 0 Å². The van der Waals surface area contributed by atoms with Crippen molar-refractivity contribution in [3.63, 3.8) is 0 Å². The Morgan fingerprint density at radius 1 is 0.800 bits per heavy atom. The summed E-state index contributed by atoms with van der Waals surface area (Å²) in [6, 6.07) is 0. The Kier molecular flexibility index (Phi) is 8.70. The van der Waals surface area contributed by atoms with Crippen molar-refractivity contribution >= 4 is 29.3 Å². The van der Waals surface area contributed by atoms with Gasteiger partial charge in [-0.3, -0.25) is 0 Å². The Morgan fingerprint density at radius 2 is 1.35 bits per heavy atom. The molecular weight excluding hydrogens is 354 g/mol. The van der Waals surface area contributed by atoms with Gasteiger partial charge in [-0.15, -0.1) is 5.98 Å². The topological polar surface area (TPSA) is 0 Å². The molecule has 0 aromatic carbocycles. The van der Waals surface area contributed by atoms with Gasteiger partial charge in [0.2, 0.25) is 0 Å². The van der Waals surface area contributed by atoms with Crippen LogP contribution in [0.1, 0.15) is 83.5 Å². The van der Waals surface area contributed by atoms with Gasteiger partial charge in [0.25, 0.3) is 0 Å². The summed E-state index contributed by atoms with van der Waals surface area (Å²) in [6.45, 7) is 0.926. The van der Waals surface area contributed by atoms with Gasteiger partial charge in [0.1, 0.15) is 0 Å². The third-order valence-corrected chi connectivity index (χ3v) is 6.26. The number of hydrogen-bond donors (Lipinski definition) is 0. The number of unbranched alkanes of at least 4 members (excludes halogenated alkanes) is 2. The van der Waals surface area contributed by atoms with E-state index >= 15 is 0 Å². The Balaban J connectivity index is 1.87. The molecule has 2 aliphatic rings. The SMILES string of the molecule is ICCCC/C=C/B(C1CCCCC1)C1CCCCC1. The highest BCUT2D eigenvalue weighted by molar-refractivity contribution is 14.1. The molecule has 0 amide bonds. The number of allylic oxidation sites excluding steroid dienone is 1. The average molecular weight is 386 g/mol. The van der Waals surface area contributed by atoms with E-state index < -0.39 is 0 Å². The number of hydrogen-bond acceptors (Lipinski definition) is 0. The highest BCUT2D eigenvalue weighted by Crippen LogP contribution is 2.41. The molecule has 0 bridgehead atoms. The van der Waals surface area contributed by atoms with Gasteiger partial charge in [-0.1, -0.05) is 105 Å². The zero-order chi connectivity index (χ0) is 14.0. The summed E-state index contributed by atoms with van der Waals surface area (Å²) < 4.78 is 1.32. The molecule has 0 aromatic rings. The normalized spacial score (nSPS) is 22.4. The molecule has 2 fully saturated rings. The van der Waals surface area contributed by atoms with Crippen LogP contribution in [-0.4, -0.2) is 11.1 Å². The van der Waals surface area contributed by atoms with Crippen LogP contribution in [0.5, 0.6) is 0 Å². The minimum absolute atomic E-state index is 0.926. The van der Waals surface area contributed by atoms with Crippen LogP contribution in [-0.2, 0) is 0 Å². The van der Waals surface area contributed by atoms with Gasteiger partial charge in [0.05, 0.1) is 0 Å². The highest BCUT2D eigenvalue weighted by atomic mass is 127. The molecule has 0 aromatic heterocycles. The Bertz CT molecular complexity index is 247. The molecule has 0 spiro atoms. The average Bonchev–Trinajstić information content (AvgIpc) is 2.53. The first-order valence-electron chi connectivity index (χ1n) is 9.14. The van der Waals surface area contributed by atoms with E-state index in [4.69, 9.17) is 0 Å². The minimum Gasteiger partial charge on any atom is -0.118 e. The minimum atomic E-state index is 0.926. The predicted molar refractivity (Wildman–Crippen MR) is 101 cm³/mol. The number of halogens is 1. The second-order valence-corrected chi connectivity index (χ2v) is 8.07. The molecule has 0 N–H and O–H groups in total. The Morgan fingerprint density at radius 3 is 1.85 bits per heavy atom. The molecule has 0 unspecified atom stereocenters. The molecule has 2 heteroatoms. The lowest BCUT2D eigenvalue weighted by Crippen LogP contribution is -2.28. The van der Waals surface area contributed by atoms with E-state index in [-0.39, 0.29) is 0 Å². The smallest absolute Gasteiger partial charge is 0.118 e. The van der Waals surface area contributed by atoms with E-state index in [9.17, 15) is 0 Å². The van der Waals surface area contributed by atoms with Gasteiger partial charge >= 0.3 is 0 Å². The number of rotatable bonds is 7. The van der Waals surface area contributed by atoms with Crippen LogP contribution in [0.2, 0.25) is 11.6 Å². The quantitative estimate of drug-likeness (QED) is 0.194. The molecule has 2 saturated carbocycles. The molecule has 0 heterocycles. The fourth-order valence-electron chi connectivity index (χ4n) is 4.35. The second kappa shape index (κ2) is 10.3. The van der Waals surface area contributed by atoms with Gasteiger partial charge in [-0.25, -0.2) is 0 Å². The van der Waals surface area contributed by atoms with Crippen LogP contribution in [0.15, 0.2) is 12.1 Å². The molecule has 114 valence electrons. The van der Waals surface area contributed by atoms with Crippen molar-refractivity contribution in [3.8, 4) is 0 Å². The van der Waals surface area contributed by atoms with Crippen molar-refractivity contribution in [2.75, 3.05) is 4.43 Å². The first-order valence-corrected chi connectivity index (χ1v) is 10.7. The fraction of sp³-hybridized carbons (Fsp3) is 0.889. The second-order valence-electron chi connectivity index (χ2n) is 6.99. The molecular formula is C18H32BI. The summed E-state index contributed by atoms with van der Waals surface area (Å²) in [4.78, 5) is 0. The van der Waals surface area contributed by atoms with Gasteiger partial charge in [0.15, 0.2) is 6.71 Å². The molecule has 0 nitrogen and oxygen atoms in total. The molecule has 0 saturated heterocycles. The van der Waals surface area contributed by atoms with Crippen molar-refractivity contribution < 1.29 is 0 Å².